The number of likely N-dealkylation sites (tertiary alicyclic amines) is 1. The highest BCUT2D eigenvalue weighted by atomic mass is 32.1. The number of nitrogens with zero attached hydrogens (tertiary/aromatic N) is 3. The van der Waals surface area contributed by atoms with Gasteiger partial charge in [-0.3, -0.25) is 4.79 Å². The lowest BCUT2D eigenvalue weighted by molar-refractivity contribution is -0.125. The lowest BCUT2D eigenvalue weighted by atomic mass is 10.1. The Kier molecular flexibility index (Phi) is 5.13. The van der Waals surface area contributed by atoms with Crippen molar-refractivity contribution >= 4 is 55.8 Å². The Morgan fingerprint density at radius 1 is 1.41 bits per heavy atom. The molecule has 1 atom stereocenters. The molecule has 7 nitrogen and oxygen atoms in total. The summed E-state index contributed by atoms with van der Waals surface area (Å²) in [6, 6.07) is 10.2. The highest BCUT2D eigenvalue weighted by molar-refractivity contribution is 7.19. The predicted molar refractivity (Wildman–Crippen MR) is 127 cm³/mol. The number of thiophene rings is 1. The fourth-order valence-corrected chi connectivity index (χ4v) is 4.98. The molecule has 0 radical (unpaired) electrons. The van der Waals surface area contributed by atoms with Gasteiger partial charge in [-0.15, -0.1) is 11.3 Å². The molecule has 0 aliphatic carbocycles. The summed E-state index contributed by atoms with van der Waals surface area (Å²) >= 11 is 1.46. The van der Waals surface area contributed by atoms with Gasteiger partial charge in [0.2, 0.25) is 5.91 Å². The molecule has 0 saturated carbocycles. The van der Waals surface area contributed by atoms with Crippen molar-refractivity contribution in [2.24, 2.45) is 0 Å². The van der Waals surface area contributed by atoms with Crippen molar-refractivity contribution in [1.82, 2.24) is 14.9 Å². The molecule has 32 heavy (non-hydrogen) atoms. The molecule has 0 spiro atoms. The summed E-state index contributed by atoms with van der Waals surface area (Å²) in [4.78, 5) is 23.3. The van der Waals surface area contributed by atoms with Crippen LogP contribution >= 0.6 is 11.3 Å². The number of rotatable bonds is 4. The summed E-state index contributed by atoms with van der Waals surface area (Å²) in [6.45, 7) is 3.00. The van der Waals surface area contributed by atoms with E-state index in [1.54, 1.807) is 17.2 Å². The molecule has 3 N–H and O–H groups in total. The zero-order chi connectivity index (χ0) is 22.2. The van der Waals surface area contributed by atoms with Crippen LogP contribution in [-0.2, 0) is 4.79 Å². The van der Waals surface area contributed by atoms with E-state index in [1.165, 1.54) is 17.4 Å². The van der Waals surface area contributed by atoms with Gasteiger partial charge < -0.3 is 20.3 Å². The molecule has 1 aromatic carbocycles. The second-order valence-corrected chi connectivity index (χ2v) is 8.95. The topological polar surface area (TPSA) is 105 Å². The van der Waals surface area contributed by atoms with Crippen LogP contribution in [0.15, 0.2) is 42.7 Å². The molecule has 1 fully saturated rings. The molecule has 4 aromatic rings. The summed E-state index contributed by atoms with van der Waals surface area (Å²) in [6.07, 6.45) is 6.97. The van der Waals surface area contributed by atoms with Gasteiger partial charge in [0.05, 0.1) is 17.4 Å². The van der Waals surface area contributed by atoms with Crippen LogP contribution < -0.4 is 5.32 Å². The first-order chi connectivity index (χ1) is 15.5. The van der Waals surface area contributed by atoms with E-state index in [-0.39, 0.29) is 5.91 Å². The van der Waals surface area contributed by atoms with Crippen molar-refractivity contribution in [1.29, 1.82) is 5.26 Å². The Labute approximate surface area is 188 Å². The molecule has 0 bridgehead atoms. The van der Waals surface area contributed by atoms with Crippen LogP contribution in [0, 0.1) is 18.3 Å². The second kappa shape index (κ2) is 8.11. The zero-order valence-corrected chi connectivity index (χ0v) is 18.2. The van der Waals surface area contributed by atoms with Crippen LogP contribution in [0.25, 0.3) is 27.2 Å². The average molecular weight is 444 g/mol. The number of H-pyrrole nitrogens is 1. The fourth-order valence-electron chi connectivity index (χ4n) is 4.06. The lowest BCUT2D eigenvalue weighted by Crippen LogP contribution is -2.27. The number of aliphatic hydroxyl groups is 1. The van der Waals surface area contributed by atoms with Crippen molar-refractivity contribution < 1.29 is 9.90 Å². The molecule has 1 saturated heterocycles. The third-order valence-electron chi connectivity index (χ3n) is 5.83. The quantitative estimate of drug-likeness (QED) is 0.408. The summed E-state index contributed by atoms with van der Waals surface area (Å²) in [7, 11) is 0. The third kappa shape index (κ3) is 3.62. The number of aliphatic hydroxyl groups excluding tert-OH is 1. The summed E-state index contributed by atoms with van der Waals surface area (Å²) in [5, 5.41) is 24.7. The van der Waals surface area contributed by atoms with Gasteiger partial charge in [0.15, 0.2) is 0 Å². The van der Waals surface area contributed by atoms with E-state index in [1.807, 2.05) is 37.4 Å². The number of aromatic amines is 1. The first-order valence-electron chi connectivity index (χ1n) is 10.3. The van der Waals surface area contributed by atoms with Crippen LogP contribution in [0.3, 0.4) is 0 Å². The number of nitriles is 1. The first kappa shape index (κ1) is 20.2. The van der Waals surface area contributed by atoms with Crippen LogP contribution in [0.1, 0.15) is 22.4 Å². The predicted octanol–water partition coefficient (Wildman–Crippen LogP) is 4.31. The number of benzene rings is 1. The van der Waals surface area contributed by atoms with E-state index in [0.29, 0.717) is 30.8 Å². The summed E-state index contributed by atoms with van der Waals surface area (Å²) < 4.78 is 0. The Morgan fingerprint density at radius 3 is 3.06 bits per heavy atom. The summed E-state index contributed by atoms with van der Waals surface area (Å²) in [5.74, 6) is -0.113. The fraction of sp³-hybridized carbons (Fsp3) is 0.208. The molecular weight excluding hydrogens is 422 g/mol. The lowest BCUT2D eigenvalue weighted by Gasteiger charge is -2.12. The van der Waals surface area contributed by atoms with E-state index < -0.39 is 6.10 Å². The Balaban J connectivity index is 1.49. The zero-order valence-electron chi connectivity index (χ0n) is 17.4. The number of hydrogen-bond acceptors (Lipinski definition) is 6. The number of aromatic nitrogens is 2. The van der Waals surface area contributed by atoms with Crippen molar-refractivity contribution in [2.75, 3.05) is 18.4 Å². The van der Waals surface area contributed by atoms with E-state index in [9.17, 15) is 15.2 Å². The number of amides is 1. The average Bonchev–Trinajstić information content (AvgIpc) is 3.53. The second-order valence-electron chi connectivity index (χ2n) is 7.89. The minimum absolute atomic E-state index is 0.113. The number of pyridine rings is 1. The van der Waals surface area contributed by atoms with Gasteiger partial charge >= 0.3 is 0 Å². The number of carbonyl (C=O) groups excluding carboxylic acids is 1. The van der Waals surface area contributed by atoms with E-state index in [2.05, 4.69) is 21.4 Å². The van der Waals surface area contributed by atoms with Crippen molar-refractivity contribution in [3.8, 4) is 6.07 Å². The summed E-state index contributed by atoms with van der Waals surface area (Å²) in [5.41, 5.74) is 4.24. The largest absolute Gasteiger partial charge is 0.391 e. The minimum Gasteiger partial charge on any atom is -0.391 e. The van der Waals surface area contributed by atoms with Crippen molar-refractivity contribution in [3.63, 3.8) is 0 Å². The number of aryl methyl sites for hydroxylation is 1. The molecule has 5 rings (SSSR count). The van der Waals surface area contributed by atoms with Gasteiger partial charge in [-0.05, 0) is 49.2 Å². The maximum Gasteiger partial charge on any atom is 0.246 e. The smallest absolute Gasteiger partial charge is 0.246 e. The maximum absolute atomic E-state index is 12.4. The number of nitrogens with one attached hydrogen (secondary N) is 2. The van der Waals surface area contributed by atoms with Gasteiger partial charge in [-0.1, -0.05) is 0 Å². The minimum atomic E-state index is -0.437. The van der Waals surface area contributed by atoms with E-state index in [4.69, 9.17) is 0 Å². The number of fused-ring (bicyclic) bond motifs is 2. The van der Waals surface area contributed by atoms with Gasteiger partial charge in [-0.25, -0.2) is 4.98 Å². The van der Waals surface area contributed by atoms with Gasteiger partial charge in [-0.2, -0.15) is 5.26 Å². The number of anilines is 2. The van der Waals surface area contributed by atoms with E-state index >= 15 is 0 Å². The number of hydrogen-bond donors (Lipinski definition) is 3. The SMILES string of the molecule is Cc1c(Nc2c(C#N)cnc3sc(/C=C/C(=O)N4CCC(O)C4)cc23)ccc2[nH]ccc12. The molecule has 4 heterocycles. The van der Waals surface area contributed by atoms with Crippen LogP contribution in [0.2, 0.25) is 0 Å². The molecule has 1 amide bonds. The maximum atomic E-state index is 12.4. The van der Waals surface area contributed by atoms with Crippen molar-refractivity contribution in [2.45, 2.75) is 19.4 Å². The standard InChI is InChI=1S/C24H21N5O2S/c1-14-18-6-8-26-21(18)4-3-20(14)28-23-15(11-25)12-27-24-19(23)10-17(32-24)2-5-22(31)29-9-7-16(30)13-29/h2-6,8,10,12,16,26,30H,7,9,13H2,1H3,(H,27,28)/b5-2+. The van der Waals surface area contributed by atoms with Gasteiger partial charge in [0.25, 0.3) is 0 Å². The first-order valence-corrected chi connectivity index (χ1v) is 11.2. The van der Waals surface area contributed by atoms with Crippen LogP contribution in [0.4, 0.5) is 11.4 Å². The van der Waals surface area contributed by atoms with Gasteiger partial charge in [0, 0.05) is 58.4 Å². The van der Waals surface area contributed by atoms with E-state index in [0.717, 1.165) is 37.2 Å². The highest BCUT2D eigenvalue weighted by Crippen LogP contribution is 2.36. The molecule has 1 aliphatic heterocycles. The molecular formula is C24H21N5O2S. The monoisotopic (exact) mass is 443 g/mol. The third-order valence-corrected chi connectivity index (χ3v) is 6.84. The molecule has 1 aliphatic rings. The number of β-amino-alcohol motifs (C(OH)–C–C–N with tert-alkyl or cyclic N) is 1. The molecule has 3 aromatic heterocycles. The Bertz CT molecular complexity index is 1410. The van der Waals surface area contributed by atoms with Crippen LogP contribution in [0.5, 0.6) is 0 Å². The van der Waals surface area contributed by atoms with Crippen LogP contribution in [-0.4, -0.2) is 45.1 Å². The van der Waals surface area contributed by atoms with Crippen molar-refractivity contribution in [3.05, 3.63) is 58.7 Å². The molecule has 8 heteroatoms. The van der Waals surface area contributed by atoms with Gasteiger partial charge in [0.1, 0.15) is 10.9 Å². The molecule has 160 valence electrons. The normalized spacial score (nSPS) is 16.3. The Hall–Kier alpha value is -3.67. The highest BCUT2D eigenvalue weighted by Gasteiger charge is 2.23. The molecule has 1 unspecified atom stereocenters. The Morgan fingerprint density at radius 2 is 2.28 bits per heavy atom. The number of carbonyl (C=O) groups is 1.